The minimum Gasteiger partial charge on any atom is -0.494 e. The van der Waals surface area contributed by atoms with E-state index in [1.54, 1.807) is 0 Å². The fourth-order valence-corrected chi connectivity index (χ4v) is 1.39. The van der Waals surface area contributed by atoms with Crippen molar-refractivity contribution in [2.24, 2.45) is 0 Å². The number of ether oxygens (including phenoxy) is 1. The maximum Gasteiger partial charge on any atom is 0.119 e. The van der Waals surface area contributed by atoms with E-state index >= 15 is 0 Å². The van der Waals surface area contributed by atoms with E-state index in [1.165, 1.54) is 18.3 Å². The van der Waals surface area contributed by atoms with Crippen LogP contribution in [0, 0.1) is 0 Å². The van der Waals surface area contributed by atoms with Crippen LogP contribution in [-0.2, 0) is 0 Å². The summed E-state index contributed by atoms with van der Waals surface area (Å²) in [7, 11) is 0. The van der Waals surface area contributed by atoms with Gasteiger partial charge in [0, 0.05) is 5.69 Å². The lowest BCUT2D eigenvalue weighted by atomic mass is 10.2. The van der Waals surface area contributed by atoms with Gasteiger partial charge in [-0.3, -0.25) is 0 Å². The van der Waals surface area contributed by atoms with Crippen molar-refractivity contribution >= 4 is 23.4 Å². The van der Waals surface area contributed by atoms with Crippen LogP contribution in [0.4, 0.5) is 5.69 Å². The zero-order chi connectivity index (χ0) is 10.9. The van der Waals surface area contributed by atoms with Gasteiger partial charge in [0.05, 0.1) is 12.1 Å². The summed E-state index contributed by atoms with van der Waals surface area (Å²) in [6, 6.07) is 7.82. The average Bonchev–Trinajstić information content (AvgIpc) is 2.27. The first-order chi connectivity index (χ1) is 7.36. The SMILES string of the molecule is CCCCCOc1ccc(NC=S)cc1. The molecule has 0 atom stereocenters. The number of unbranched alkanes of at least 4 members (excludes halogenated alkanes) is 2. The van der Waals surface area contributed by atoms with Crippen LogP contribution in [-0.4, -0.2) is 12.1 Å². The molecule has 15 heavy (non-hydrogen) atoms. The summed E-state index contributed by atoms with van der Waals surface area (Å²) in [5.41, 5.74) is 2.49. The lowest BCUT2D eigenvalue weighted by Gasteiger charge is -2.06. The highest BCUT2D eigenvalue weighted by Crippen LogP contribution is 2.15. The number of nitrogens with one attached hydrogen (secondary N) is 1. The molecule has 3 heteroatoms. The molecule has 0 saturated heterocycles. The third-order valence-corrected chi connectivity index (χ3v) is 2.21. The zero-order valence-electron chi connectivity index (χ0n) is 9.03. The molecule has 82 valence electrons. The second-order valence-corrected chi connectivity index (χ2v) is 3.58. The van der Waals surface area contributed by atoms with Gasteiger partial charge in [-0.1, -0.05) is 32.0 Å². The predicted octanol–water partition coefficient (Wildman–Crippen LogP) is 3.62. The molecule has 1 N–H and O–H groups in total. The monoisotopic (exact) mass is 223 g/mol. The van der Waals surface area contributed by atoms with Crippen LogP contribution in [0.15, 0.2) is 24.3 Å². The van der Waals surface area contributed by atoms with Crippen LogP contribution in [0.5, 0.6) is 5.75 Å². The molecule has 0 aliphatic heterocycles. The van der Waals surface area contributed by atoms with Crippen molar-refractivity contribution in [2.45, 2.75) is 26.2 Å². The van der Waals surface area contributed by atoms with E-state index in [0.29, 0.717) is 0 Å². The molecule has 0 aliphatic rings. The van der Waals surface area contributed by atoms with Gasteiger partial charge >= 0.3 is 0 Å². The smallest absolute Gasteiger partial charge is 0.119 e. The highest BCUT2D eigenvalue weighted by Gasteiger charge is 1.93. The molecule has 1 rings (SSSR count). The van der Waals surface area contributed by atoms with Crippen LogP contribution in [0.25, 0.3) is 0 Å². The summed E-state index contributed by atoms with van der Waals surface area (Å²) in [5.74, 6) is 0.918. The molecular weight excluding hydrogens is 206 g/mol. The molecule has 0 fully saturated rings. The summed E-state index contributed by atoms with van der Waals surface area (Å²) < 4.78 is 5.58. The number of rotatable bonds is 7. The Balaban J connectivity index is 2.32. The molecule has 0 radical (unpaired) electrons. The molecule has 0 heterocycles. The third-order valence-electron chi connectivity index (χ3n) is 2.10. The largest absolute Gasteiger partial charge is 0.494 e. The number of hydrogen-bond donors (Lipinski definition) is 1. The van der Waals surface area contributed by atoms with Gasteiger partial charge < -0.3 is 10.1 Å². The molecule has 1 aromatic rings. The van der Waals surface area contributed by atoms with Crippen molar-refractivity contribution in [2.75, 3.05) is 11.9 Å². The molecular formula is C12H17NOS. The van der Waals surface area contributed by atoms with Crippen molar-refractivity contribution in [3.8, 4) is 5.75 Å². The Kier molecular flexibility index (Phi) is 5.78. The van der Waals surface area contributed by atoms with E-state index in [-0.39, 0.29) is 0 Å². The first kappa shape index (κ1) is 12.0. The van der Waals surface area contributed by atoms with Crippen LogP contribution < -0.4 is 10.1 Å². The highest BCUT2D eigenvalue weighted by atomic mass is 32.1. The van der Waals surface area contributed by atoms with Crippen LogP contribution in [0.1, 0.15) is 26.2 Å². The molecule has 0 spiro atoms. The predicted molar refractivity (Wildman–Crippen MR) is 68.7 cm³/mol. The van der Waals surface area contributed by atoms with E-state index in [2.05, 4.69) is 12.2 Å². The second-order valence-electron chi connectivity index (χ2n) is 3.34. The van der Waals surface area contributed by atoms with Crippen molar-refractivity contribution in [1.82, 2.24) is 0 Å². The number of thiocarbonyl (C=S) groups is 1. The van der Waals surface area contributed by atoms with E-state index in [1.807, 2.05) is 24.3 Å². The Bertz CT molecular complexity index is 284. The van der Waals surface area contributed by atoms with Crippen molar-refractivity contribution in [1.29, 1.82) is 0 Å². The van der Waals surface area contributed by atoms with Gasteiger partial charge in [-0.25, -0.2) is 0 Å². The van der Waals surface area contributed by atoms with Gasteiger partial charge in [0.2, 0.25) is 0 Å². The molecule has 0 saturated carbocycles. The maximum absolute atomic E-state index is 5.58. The summed E-state index contributed by atoms with van der Waals surface area (Å²) in [5, 5.41) is 2.95. The fraction of sp³-hybridized carbons (Fsp3) is 0.417. The highest BCUT2D eigenvalue weighted by molar-refractivity contribution is 7.79. The second kappa shape index (κ2) is 7.23. The van der Waals surface area contributed by atoms with Gasteiger partial charge in [0.1, 0.15) is 5.75 Å². The fourth-order valence-electron chi connectivity index (χ4n) is 1.26. The summed E-state index contributed by atoms with van der Waals surface area (Å²) in [4.78, 5) is 0. The Labute approximate surface area is 96.6 Å². The summed E-state index contributed by atoms with van der Waals surface area (Å²) in [6.45, 7) is 2.99. The topological polar surface area (TPSA) is 21.3 Å². The molecule has 0 aliphatic carbocycles. The third kappa shape index (κ3) is 4.79. The first-order valence-electron chi connectivity index (χ1n) is 5.30. The van der Waals surface area contributed by atoms with E-state index in [0.717, 1.165) is 24.5 Å². The Morgan fingerprint density at radius 2 is 2.00 bits per heavy atom. The quantitative estimate of drug-likeness (QED) is 0.563. The van der Waals surface area contributed by atoms with Crippen molar-refractivity contribution < 1.29 is 4.74 Å². The van der Waals surface area contributed by atoms with Gasteiger partial charge in [-0.2, -0.15) is 0 Å². The summed E-state index contributed by atoms with van der Waals surface area (Å²) in [6.07, 6.45) is 3.57. The van der Waals surface area contributed by atoms with Crippen LogP contribution in [0.3, 0.4) is 0 Å². The summed E-state index contributed by atoms with van der Waals surface area (Å²) >= 11 is 4.70. The van der Waals surface area contributed by atoms with E-state index in [4.69, 9.17) is 17.0 Å². The Morgan fingerprint density at radius 1 is 1.27 bits per heavy atom. The molecule has 0 bridgehead atoms. The number of hydrogen-bond acceptors (Lipinski definition) is 2. The molecule has 1 aromatic carbocycles. The first-order valence-corrected chi connectivity index (χ1v) is 5.77. The Hall–Kier alpha value is -1.09. The average molecular weight is 223 g/mol. The molecule has 0 amide bonds. The molecule has 0 unspecified atom stereocenters. The number of anilines is 1. The number of benzene rings is 1. The van der Waals surface area contributed by atoms with Crippen molar-refractivity contribution in [3.05, 3.63) is 24.3 Å². The minimum absolute atomic E-state index is 0.799. The van der Waals surface area contributed by atoms with E-state index < -0.39 is 0 Å². The minimum atomic E-state index is 0.799. The van der Waals surface area contributed by atoms with E-state index in [9.17, 15) is 0 Å². The lowest BCUT2D eigenvalue weighted by Crippen LogP contribution is -1.97. The maximum atomic E-state index is 5.58. The standard InChI is InChI=1S/C12H17NOS/c1-2-3-4-9-14-12-7-5-11(6-8-12)13-10-15/h5-8,10H,2-4,9H2,1H3,(H,13,15). The van der Waals surface area contributed by atoms with Gasteiger partial charge in [-0.15, -0.1) is 0 Å². The van der Waals surface area contributed by atoms with Crippen LogP contribution >= 0.6 is 12.2 Å². The normalized spacial score (nSPS) is 9.67. The zero-order valence-corrected chi connectivity index (χ0v) is 9.85. The lowest BCUT2D eigenvalue weighted by molar-refractivity contribution is 0.306. The van der Waals surface area contributed by atoms with Crippen LogP contribution in [0.2, 0.25) is 0 Å². The van der Waals surface area contributed by atoms with Gasteiger partial charge in [0.25, 0.3) is 0 Å². The molecule has 0 aromatic heterocycles. The molecule has 2 nitrogen and oxygen atoms in total. The van der Waals surface area contributed by atoms with Gasteiger partial charge in [-0.05, 0) is 30.7 Å². The van der Waals surface area contributed by atoms with Crippen molar-refractivity contribution in [3.63, 3.8) is 0 Å². The van der Waals surface area contributed by atoms with Gasteiger partial charge in [0.15, 0.2) is 0 Å². The Morgan fingerprint density at radius 3 is 2.60 bits per heavy atom.